The molecule has 0 spiro atoms. The molecule has 0 atom stereocenters. The number of pyridine rings is 1. The van der Waals surface area contributed by atoms with Crippen molar-refractivity contribution in [2.24, 2.45) is 0 Å². The van der Waals surface area contributed by atoms with Crippen LogP contribution in [0, 0.1) is 24.0 Å². The smallest absolute Gasteiger partial charge is 0.315 e. The number of hydrogen-bond acceptors (Lipinski definition) is 9. The van der Waals surface area contributed by atoms with Gasteiger partial charge in [-0.2, -0.15) is 4.98 Å². The van der Waals surface area contributed by atoms with E-state index in [1.165, 1.54) is 0 Å². The van der Waals surface area contributed by atoms with E-state index in [-0.39, 0.29) is 28.0 Å². The highest BCUT2D eigenvalue weighted by atomic mass is 35.5. The first-order chi connectivity index (χ1) is 12.6. The van der Waals surface area contributed by atoms with Gasteiger partial charge in [-0.15, -0.1) is 0 Å². The highest BCUT2D eigenvalue weighted by Crippen LogP contribution is 2.47. The maximum absolute atomic E-state index is 11.0. The summed E-state index contributed by atoms with van der Waals surface area (Å²) in [6.45, 7) is 3.34. The van der Waals surface area contributed by atoms with E-state index in [2.05, 4.69) is 15.1 Å². The van der Waals surface area contributed by atoms with Crippen LogP contribution in [0.2, 0.25) is 10.2 Å². The van der Waals surface area contributed by atoms with Crippen LogP contribution in [0.4, 0.5) is 5.69 Å². The second-order valence-electron chi connectivity index (χ2n) is 5.47. The van der Waals surface area contributed by atoms with Crippen LogP contribution in [0.3, 0.4) is 0 Å². The SMILES string of the molecule is Cc1nc(Cl)c(-c2noc(-c3cc([N+](=O)[O-])c(O)c(O)c3O)n2)c(C)c1Cl. The average molecular weight is 413 g/mol. The number of halogens is 2. The van der Waals surface area contributed by atoms with E-state index in [0.29, 0.717) is 16.3 Å². The Morgan fingerprint density at radius 2 is 1.78 bits per heavy atom. The van der Waals surface area contributed by atoms with Crippen molar-refractivity contribution in [3.63, 3.8) is 0 Å². The van der Waals surface area contributed by atoms with Crippen LogP contribution < -0.4 is 0 Å². The molecule has 2 aromatic heterocycles. The molecule has 12 heteroatoms. The standard InChI is InChI=1S/C15H10Cl2N4O6/c1-4-8(13(17)18-5(2)9(4)16)14-19-15(27-20-14)6-3-7(21(25)26)11(23)12(24)10(6)22/h3,22-24H,1-2H3. The predicted octanol–water partition coefficient (Wildman–Crippen LogP) is 3.75. The lowest BCUT2D eigenvalue weighted by atomic mass is 10.1. The summed E-state index contributed by atoms with van der Waals surface area (Å²) in [6.07, 6.45) is 0. The van der Waals surface area contributed by atoms with Crippen molar-refractivity contribution < 1.29 is 24.8 Å². The molecule has 10 nitrogen and oxygen atoms in total. The van der Waals surface area contributed by atoms with Crippen LogP contribution in [0.25, 0.3) is 22.8 Å². The van der Waals surface area contributed by atoms with E-state index in [9.17, 15) is 25.4 Å². The molecule has 0 aliphatic rings. The van der Waals surface area contributed by atoms with Crippen molar-refractivity contribution in [2.75, 3.05) is 0 Å². The number of phenols is 3. The molecule has 2 heterocycles. The molecule has 27 heavy (non-hydrogen) atoms. The van der Waals surface area contributed by atoms with Gasteiger partial charge >= 0.3 is 5.69 Å². The van der Waals surface area contributed by atoms with Crippen LogP contribution in [-0.4, -0.2) is 35.4 Å². The van der Waals surface area contributed by atoms with Crippen molar-refractivity contribution in [3.05, 3.63) is 37.6 Å². The van der Waals surface area contributed by atoms with Crippen LogP contribution in [-0.2, 0) is 0 Å². The summed E-state index contributed by atoms with van der Waals surface area (Å²) in [4.78, 5) is 18.2. The fourth-order valence-corrected chi connectivity index (χ4v) is 2.91. The molecule has 3 aromatic rings. The van der Waals surface area contributed by atoms with Gasteiger partial charge in [0.05, 0.1) is 26.8 Å². The molecule has 0 amide bonds. The average Bonchev–Trinajstić information content (AvgIpc) is 3.07. The summed E-state index contributed by atoms with van der Waals surface area (Å²) in [6, 6.07) is 0.788. The molecule has 0 saturated carbocycles. The molecule has 0 bridgehead atoms. The number of phenolic OH excluding ortho intramolecular Hbond substituents is 3. The zero-order chi connectivity index (χ0) is 20.0. The number of nitro benzene ring substituents is 1. The van der Waals surface area contributed by atoms with Crippen molar-refractivity contribution >= 4 is 28.9 Å². The number of aromatic nitrogens is 3. The van der Waals surface area contributed by atoms with Gasteiger partial charge in [-0.25, -0.2) is 4.98 Å². The second kappa shape index (κ2) is 6.56. The van der Waals surface area contributed by atoms with Gasteiger partial charge in [0.15, 0.2) is 5.75 Å². The van der Waals surface area contributed by atoms with Crippen LogP contribution in [0.1, 0.15) is 11.3 Å². The molecule has 0 radical (unpaired) electrons. The summed E-state index contributed by atoms with van der Waals surface area (Å²) < 4.78 is 5.03. The molecule has 0 aliphatic heterocycles. The number of nitrogens with zero attached hydrogens (tertiary/aromatic N) is 4. The molecule has 140 valence electrons. The molecular weight excluding hydrogens is 403 g/mol. The fraction of sp³-hybridized carbons (Fsp3) is 0.133. The minimum absolute atomic E-state index is 0.0310. The maximum Gasteiger partial charge on any atom is 0.315 e. The lowest BCUT2D eigenvalue weighted by molar-refractivity contribution is -0.385. The van der Waals surface area contributed by atoms with Gasteiger partial charge in [0.2, 0.25) is 17.3 Å². The number of hydrogen-bond donors (Lipinski definition) is 3. The summed E-state index contributed by atoms with van der Waals surface area (Å²) in [7, 11) is 0. The van der Waals surface area contributed by atoms with E-state index in [1.807, 2.05) is 0 Å². The number of aryl methyl sites for hydroxylation is 1. The van der Waals surface area contributed by atoms with E-state index in [0.717, 1.165) is 6.07 Å². The zero-order valence-corrected chi connectivity index (χ0v) is 15.2. The third-order valence-corrected chi connectivity index (χ3v) is 4.63. The van der Waals surface area contributed by atoms with E-state index in [1.54, 1.807) is 13.8 Å². The van der Waals surface area contributed by atoms with Gasteiger partial charge < -0.3 is 19.8 Å². The summed E-state index contributed by atoms with van der Waals surface area (Å²) in [5.74, 6) is -3.43. The third-order valence-electron chi connectivity index (χ3n) is 3.80. The first-order valence-corrected chi connectivity index (χ1v) is 7.98. The van der Waals surface area contributed by atoms with Gasteiger partial charge in [-0.3, -0.25) is 10.1 Å². The van der Waals surface area contributed by atoms with Crippen LogP contribution >= 0.6 is 23.2 Å². The topological polar surface area (TPSA) is 156 Å². The quantitative estimate of drug-likeness (QED) is 0.252. The molecule has 0 saturated heterocycles. The Labute approximate surface area is 160 Å². The largest absolute Gasteiger partial charge is 0.504 e. The normalized spacial score (nSPS) is 11.0. The van der Waals surface area contributed by atoms with Crippen molar-refractivity contribution in [1.29, 1.82) is 0 Å². The molecule has 0 fully saturated rings. The van der Waals surface area contributed by atoms with Gasteiger partial charge in [-0.1, -0.05) is 28.4 Å². The molecule has 0 unspecified atom stereocenters. The van der Waals surface area contributed by atoms with E-state index in [4.69, 9.17) is 27.7 Å². The summed E-state index contributed by atoms with van der Waals surface area (Å²) in [5.41, 5.74) is 0.109. The Bertz CT molecular complexity index is 1100. The summed E-state index contributed by atoms with van der Waals surface area (Å²) in [5, 5.41) is 44.4. The highest BCUT2D eigenvalue weighted by molar-refractivity contribution is 6.35. The van der Waals surface area contributed by atoms with Gasteiger partial charge in [-0.05, 0) is 19.4 Å². The highest BCUT2D eigenvalue weighted by Gasteiger charge is 2.28. The van der Waals surface area contributed by atoms with Crippen LogP contribution in [0.15, 0.2) is 10.6 Å². The molecular formula is C15H10Cl2N4O6. The van der Waals surface area contributed by atoms with Crippen LogP contribution in [0.5, 0.6) is 17.2 Å². The number of nitro groups is 1. The minimum Gasteiger partial charge on any atom is -0.504 e. The van der Waals surface area contributed by atoms with Gasteiger partial charge in [0.25, 0.3) is 5.89 Å². The Hall–Kier alpha value is -3.11. The predicted molar refractivity (Wildman–Crippen MR) is 94.1 cm³/mol. The Kier molecular flexibility index (Phi) is 4.54. The maximum atomic E-state index is 11.0. The van der Waals surface area contributed by atoms with Gasteiger partial charge in [0.1, 0.15) is 5.15 Å². The van der Waals surface area contributed by atoms with Crippen molar-refractivity contribution in [3.8, 4) is 40.1 Å². The fourth-order valence-electron chi connectivity index (χ4n) is 2.42. The molecule has 1 aromatic carbocycles. The molecule has 3 rings (SSSR count). The number of aromatic hydroxyl groups is 3. The first kappa shape index (κ1) is 18.7. The molecule has 3 N–H and O–H groups in total. The van der Waals surface area contributed by atoms with Crippen molar-refractivity contribution in [2.45, 2.75) is 13.8 Å². The Morgan fingerprint density at radius 3 is 2.41 bits per heavy atom. The first-order valence-electron chi connectivity index (χ1n) is 7.22. The summed E-state index contributed by atoms with van der Waals surface area (Å²) >= 11 is 12.3. The second-order valence-corrected chi connectivity index (χ2v) is 6.21. The van der Waals surface area contributed by atoms with E-state index >= 15 is 0 Å². The monoisotopic (exact) mass is 412 g/mol. The third kappa shape index (κ3) is 2.98. The zero-order valence-electron chi connectivity index (χ0n) is 13.7. The van der Waals surface area contributed by atoms with E-state index < -0.39 is 27.9 Å². The Morgan fingerprint density at radius 1 is 1.11 bits per heavy atom. The number of benzene rings is 1. The number of rotatable bonds is 3. The lowest BCUT2D eigenvalue weighted by Gasteiger charge is -2.08. The minimum atomic E-state index is -1.09. The Balaban J connectivity index is 2.19. The van der Waals surface area contributed by atoms with Crippen molar-refractivity contribution in [1.82, 2.24) is 15.1 Å². The van der Waals surface area contributed by atoms with Gasteiger partial charge in [0, 0.05) is 6.07 Å². The molecule has 0 aliphatic carbocycles. The lowest BCUT2D eigenvalue weighted by Crippen LogP contribution is -1.95.